The summed E-state index contributed by atoms with van der Waals surface area (Å²) in [5.41, 5.74) is 2.74. The van der Waals surface area contributed by atoms with Crippen molar-refractivity contribution in [1.29, 1.82) is 0 Å². The van der Waals surface area contributed by atoms with Crippen LogP contribution in [-0.4, -0.2) is 27.4 Å². The zero-order chi connectivity index (χ0) is 18.5. The number of anilines is 1. The van der Waals surface area contributed by atoms with E-state index in [2.05, 4.69) is 31.3 Å². The highest BCUT2D eigenvalue weighted by Gasteiger charge is 2.18. The summed E-state index contributed by atoms with van der Waals surface area (Å²) in [6.07, 6.45) is 3.06. The highest BCUT2D eigenvalue weighted by Crippen LogP contribution is 2.30. The molecule has 0 atom stereocenters. The van der Waals surface area contributed by atoms with Crippen LogP contribution >= 0.6 is 15.9 Å². The molecule has 0 radical (unpaired) electrons. The average molecular weight is 419 g/mol. The van der Waals surface area contributed by atoms with Crippen LogP contribution in [0.25, 0.3) is 5.52 Å². The maximum atomic E-state index is 11.7. The number of nitrogens with one attached hydrogen (secondary N) is 1. The summed E-state index contributed by atoms with van der Waals surface area (Å²) in [6.45, 7) is 4.58. The lowest BCUT2D eigenvalue weighted by atomic mass is 10.2. The predicted molar refractivity (Wildman–Crippen MR) is 101 cm³/mol. The first-order chi connectivity index (χ1) is 12.6. The van der Waals surface area contributed by atoms with Crippen LogP contribution < -0.4 is 10.1 Å². The van der Waals surface area contributed by atoms with Crippen LogP contribution in [0.2, 0.25) is 0 Å². The first-order valence-corrected chi connectivity index (χ1v) is 9.09. The molecule has 136 valence electrons. The quantitative estimate of drug-likeness (QED) is 0.604. The summed E-state index contributed by atoms with van der Waals surface area (Å²) in [5, 5.41) is 7.55. The second-order valence-corrected chi connectivity index (χ2v) is 6.41. The van der Waals surface area contributed by atoms with Gasteiger partial charge in [-0.2, -0.15) is 5.10 Å². The number of aryl methyl sites for hydroxylation is 1. The number of hydrogen-bond donors (Lipinski definition) is 1. The highest BCUT2D eigenvalue weighted by atomic mass is 79.9. The first-order valence-electron chi connectivity index (χ1n) is 8.30. The van der Waals surface area contributed by atoms with E-state index in [1.807, 2.05) is 31.2 Å². The molecule has 1 N–H and O–H groups in total. The van der Waals surface area contributed by atoms with E-state index in [9.17, 15) is 4.79 Å². The van der Waals surface area contributed by atoms with Crippen molar-refractivity contribution in [2.75, 3.05) is 11.9 Å². The molecule has 0 fully saturated rings. The van der Waals surface area contributed by atoms with E-state index in [0.717, 1.165) is 21.1 Å². The van der Waals surface area contributed by atoms with Crippen molar-refractivity contribution in [2.45, 2.75) is 26.8 Å². The minimum atomic E-state index is -0.727. The molecule has 26 heavy (non-hydrogen) atoms. The van der Waals surface area contributed by atoms with E-state index in [1.54, 1.807) is 17.6 Å². The molecule has 0 aliphatic carbocycles. The molecular formula is C18H19BrN4O3. The Bertz CT molecular complexity index is 926. The summed E-state index contributed by atoms with van der Waals surface area (Å²) in [7, 11) is 0. The second kappa shape index (κ2) is 8.18. The number of hydrogen-bond acceptors (Lipinski definition) is 6. The Morgan fingerprint density at radius 3 is 2.92 bits per heavy atom. The van der Waals surface area contributed by atoms with Crippen LogP contribution in [0.1, 0.15) is 25.0 Å². The molecule has 0 aliphatic rings. The maximum Gasteiger partial charge on any atom is 0.513 e. The Hall–Kier alpha value is -2.61. The third-order valence-electron chi connectivity index (χ3n) is 3.80. The molecule has 7 nitrogen and oxygen atoms in total. The van der Waals surface area contributed by atoms with Gasteiger partial charge in [-0.1, -0.05) is 35.0 Å². The van der Waals surface area contributed by atoms with Gasteiger partial charge in [-0.25, -0.2) is 14.3 Å². The fourth-order valence-corrected chi connectivity index (χ4v) is 3.13. The number of fused-ring (bicyclic) bond motifs is 1. The Kier molecular flexibility index (Phi) is 5.72. The molecule has 1 aromatic carbocycles. The first kappa shape index (κ1) is 18.2. The van der Waals surface area contributed by atoms with Crippen LogP contribution in [0, 0.1) is 0 Å². The smallest absolute Gasteiger partial charge is 0.434 e. The topological polar surface area (TPSA) is 77.8 Å². The standard InChI is InChI=1S/C18H19BrN4O3/c1-3-14-15(26-18(24)25-4-2)10-23-16(14)17(21-11-22-23)20-9-12-6-5-7-13(19)8-12/h5-8,10-11H,3-4,9H2,1-2H3,(H,20,21,22). The van der Waals surface area contributed by atoms with Gasteiger partial charge in [-0.15, -0.1) is 0 Å². The number of ether oxygens (including phenoxy) is 2. The fraction of sp³-hybridized carbons (Fsp3) is 0.278. The van der Waals surface area contributed by atoms with Crippen molar-refractivity contribution in [3.63, 3.8) is 0 Å². The number of carbonyl (C=O) groups excluding carboxylic acids is 1. The molecule has 0 spiro atoms. The molecule has 0 amide bonds. The number of rotatable bonds is 6. The average Bonchev–Trinajstić information content (AvgIpc) is 2.97. The van der Waals surface area contributed by atoms with Gasteiger partial charge in [-0.3, -0.25) is 0 Å². The van der Waals surface area contributed by atoms with Crippen LogP contribution in [0.5, 0.6) is 5.75 Å². The molecule has 0 aliphatic heterocycles. The van der Waals surface area contributed by atoms with Crippen molar-refractivity contribution in [3.05, 3.63) is 52.4 Å². The molecule has 2 aromatic heterocycles. The molecule has 0 unspecified atom stereocenters. The van der Waals surface area contributed by atoms with E-state index < -0.39 is 6.16 Å². The number of carbonyl (C=O) groups is 1. The molecule has 3 aromatic rings. The lowest BCUT2D eigenvalue weighted by Gasteiger charge is -2.09. The zero-order valence-corrected chi connectivity index (χ0v) is 16.1. The SMILES string of the molecule is CCOC(=O)Oc1cn2ncnc(NCc3cccc(Br)c3)c2c1CC. The van der Waals surface area contributed by atoms with Gasteiger partial charge in [0.15, 0.2) is 11.6 Å². The van der Waals surface area contributed by atoms with Crippen LogP contribution in [0.15, 0.2) is 41.3 Å². The monoisotopic (exact) mass is 418 g/mol. The molecule has 8 heteroatoms. The van der Waals surface area contributed by atoms with Crippen molar-refractivity contribution in [3.8, 4) is 5.75 Å². The molecular weight excluding hydrogens is 400 g/mol. The van der Waals surface area contributed by atoms with Gasteiger partial charge in [0.05, 0.1) is 12.8 Å². The minimum Gasteiger partial charge on any atom is -0.434 e. The fourth-order valence-electron chi connectivity index (χ4n) is 2.68. The largest absolute Gasteiger partial charge is 0.513 e. The van der Waals surface area contributed by atoms with E-state index in [1.165, 1.54) is 6.33 Å². The van der Waals surface area contributed by atoms with Gasteiger partial charge >= 0.3 is 6.16 Å². The highest BCUT2D eigenvalue weighted by molar-refractivity contribution is 9.10. The summed E-state index contributed by atoms with van der Waals surface area (Å²) in [5.74, 6) is 1.10. The van der Waals surface area contributed by atoms with Crippen molar-refractivity contribution >= 4 is 33.4 Å². The number of halogens is 1. The summed E-state index contributed by atoms with van der Waals surface area (Å²) >= 11 is 3.47. The summed E-state index contributed by atoms with van der Waals surface area (Å²) in [4.78, 5) is 16.0. The van der Waals surface area contributed by atoms with Crippen LogP contribution in [0.3, 0.4) is 0 Å². The summed E-state index contributed by atoms with van der Waals surface area (Å²) in [6, 6.07) is 8.04. The molecule has 2 heterocycles. The Balaban J connectivity index is 1.90. The zero-order valence-electron chi connectivity index (χ0n) is 14.5. The predicted octanol–water partition coefficient (Wildman–Crippen LogP) is 4.20. The number of nitrogens with zero attached hydrogens (tertiary/aromatic N) is 3. The molecule has 3 rings (SSSR count). The number of benzene rings is 1. The Morgan fingerprint density at radius 2 is 2.19 bits per heavy atom. The third kappa shape index (κ3) is 3.96. The van der Waals surface area contributed by atoms with Gasteiger partial charge < -0.3 is 14.8 Å². The van der Waals surface area contributed by atoms with E-state index in [-0.39, 0.29) is 6.61 Å². The maximum absolute atomic E-state index is 11.7. The van der Waals surface area contributed by atoms with Crippen LogP contribution in [0.4, 0.5) is 10.6 Å². The van der Waals surface area contributed by atoms with Crippen LogP contribution in [-0.2, 0) is 17.7 Å². The second-order valence-electron chi connectivity index (χ2n) is 5.50. The minimum absolute atomic E-state index is 0.257. The Labute approximate surface area is 159 Å². The molecule has 0 bridgehead atoms. The Morgan fingerprint density at radius 1 is 1.35 bits per heavy atom. The van der Waals surface area contributed by atoms with Gasteiger partial charge in [0, 0.05) is 16.6 Å². The van der Waals surface area contributed by atoms with E-state index >= 15 is 0 Å². The number of aromatic nitrogens is 3. The molecule has 0 saturated carbocycles. The lowest BCUT2D eigenvalue weighted by Crippen LogP contribution is -2.10. The van der Waals surface area contributed by atoms with Gasteiger partial charge in [0.1, 0.15) is 11.8 Å². The molecule has 0 saturated heterocycles. The van der Waals surface area contributed by atoms with E-state index in [4.69, 9.17) is 9.47 Å². The van der Waals surface area contributed by atoms with Crippen molar-refractivity contribution < 1.29 is 14.3 Å². The van der Waals surface area contributed by atoms with Crippen molar-refractivity contribution in [2.24, 2.45) is 0 Å². The lowest BCUT2D eigenvalue weighted by molar-refractivity contribution is 0.104. The van der Waals surface area contributed by atoms with Gasteiger partial charge in [-0.05, 0) is 31.0 Å². The normalized spacial score (nSPS) is 10.7. The summed E-state index contributed by atoms with van der Waals surface area (Å²) < 4.78 is 12.8. The van der Waals surface area contributed by atoms with Gasteiger partial charge in [0.2, 0.25) is 0 Å². The third-order valence-corrected chi connectivity index (χ3v) is 4.29. The van der Waals surface area contributed by atoms with Gasteiger partial charge in [0.25, 0.3) is 0 Å². The van der Waals surface area contributed by atoms with E-state index in [0.29, 0.717) is 24.5 Å². The van der Waals surface area contributed by atoms with Crippen molar-refractivity contribution in [1.82, 2.24) is 14.6 Å².